The Morgan fingerprint density at radius 3 is 2.57 bits per heavy atom. The van der Waals surface area contributed by atoms with Crippen LogP contribution >= 0.6 is 11.8 Å². The van der Waals surface area contributed by atoms with Gasteiger partial charge >= 0.3 is 5.97 Å². The highest BCUT2D eigenvalue weighted by molar-refractivity contribution is 7.98. The van der Waals surface area contributed by atoms with Crippen molar-refractivity contribution in [2.75, 3.05) is 7.11 Å². The number of ether oxygens (including phenoxy) is 1. The minimum absolute atomic E-state index is 0.0322. The third kappa shape index (κ3) is 5.37. The van der Waals surface area contributed by atoms with Crippen LogP contribution < -0.4 is 5.32 Å². The molecule has 1 aromatic rings. The lowest BCUT2D eigenvalue weighted by molar-refractivity contribution is -0.144. The predicted octanol–water partition coefficient (Wildman–Crippen LogP) is 2.66. The number of amides is 1. The molecular weight excluding hydrogens is 304 g/mol. The van der Waals surface area contributed by atoms with Crippen LogP contribution in [0.15, 0.2) is 16.5 Å². The van der Waals surface area contributed by atoms with Gasteiger partial charge in [0.25, 0.3) is 11.7 Å². The Morgan fingerprint density at radius 1 is 1.38 bits per heavy atom. The first kappa shape index (κ1) is 17.5. The number of methoxy groups -OCH3 is 1. The zero-order valence-electron chi connectivity index (χ0n) is 11.9. The maximum Gasteiger partial charge on any atom is 0.328 e. The number of furan rings is 1. The Bertz CT molecular complexity index is 490. The smallest absolute Gasteiger partial charge is 0.328 e. The van der Waals surface area contributed by atoms with Crippen LogP contribution in [0.3, 0.4) is 0 Å². The van der Waals surface area contributed by atoms with Gasteiger partial charge in [-0.15, -0.1) is 0 Å². The standard InChI is InChI=1S/C13H17F2NO4S/c1-7(2)10(12(18)19-3)16-11(17)9-5-4-8(20-9)6-21-13(14)15/h4-5,7,10,13H,6H2,1-3H3,(H,16,17). The predicted molar refractivity (Wildman–Crippen MR) is 74.1 cm³/mol. The third-order valence-electron chi connectivity index (χ3n) is 2.65. The zero-order chi connectivity index (χ0) is 16.0. The van der Waals surface area contributed by atoms with Crippen LogP contribution in [-0.4, -0.2) is 30.8 Å². The Kier molecular flexibility index (Phi) is 6.67. The van der Waals surface area contributed by atoms with Crippen LogP contribution in [0.2, 0.25) is 0 Å². The van der Waals surface area contributed by atoms with Gasteiger partial charge in [0.2, 0.25) is 0 Å². The maximum absolute atomic E-state index is 12.1. The van der Waals surface area contributed by atoms with E-state index in [0.29, 0.717) is 11.8 Å². The second-order valence-corrected chi connectivity index (χ2v) is 5.53. The minimum atomic E-state index is -2.50. The molecule has 118 valence electrons. The maximum atomic E-state index is 12.1. The van der Waals surface area contributed by atoms with Crippen molar-refractivity contribution >= 4 is 23.6 Å². The van der Waals surface area contributed by atoms with Crippen molar-refractivity contribution in [1.82, 2.24) is 5.32 Å². The van der Waals surface area contributed by atoms with Crippen molar-refractivity contribution in [2.24, 2.45) is 5.92 Å². The fourth-order valence-electron chi connectivity index (χ4n) is 1.56. The molecule has 0 saturated heterocycles. The Morgan fingerprint density at radius 2 is 2.05 bits per heavy atom. The summed E-state index contributed by atoms with van der Waals surface area (Å²) in [6.45, 7) is 3.52. The van der Waals surface area contributed by atoms with E-state index in [2.05, 4.69) is 10.1 Å². The van der Waals surface area contributed by atoms with Crippen LogP contribution in [0.1, 0.15) is 30.2 Å². The fraction of sp³-hybridized carbons (Fsp3) is 0.538. The molecule has 0 spiro atoms. The summed E-state index contributed by atoms with van der Waals surface area (Å²) in [5.41, 5.74) is 0. The molecule has 0 aromatic carbocycles. The SMILES string of the molecule is COC(=O)C(NC(=O)c1ccc(CSC(F)F)o1)C(C)C. The number of hydrogen-bond acceptors (Lipinski definition) is 5. The van der Waals surface area contributed by atoms with Gasteiger partial charge in [-0.2, -0.15) is 8.78 Å². The summed E-state index contributed by atoms with van der Waals surface area (Å²) in [6.07, 6.45) is 0. The lowest BCUT2D eigenvalue weighted by Crippen LogP contribution is -2.44. The van der Waals surface area contributed by atoms with E-state index in [1.165, 1.54) is 19.2 Å². The summed E-state index contributed by atoms with van der Waals surface area (Å²) in [4.78, 5) is 23.5. The number of alkyl halides is 2. The van der Waals surface area contributed by atoms with Crippen LogP contribution in [0.5, 0.6) is 0 Å². The Hall–Kier alpha value is -1.57. The van der Waals surface area contributed by atoms with Gasteiger partial charge in [-0.1, -0.05) is 25.6 Å². The molecule has 1 rings (SSSR count). The number of carbonyl (C=O) groups excluding carboxylic acids is 2. The van der Waals surface area contributed by atoms with Crippen LogP contribution in [0, 0.1) is 5.92 Å². The number of rotatable bonds is 7. The molecule has 0 radical (unpaired) electrons. The van der Waals surface area contributed by atoms with Crippen molar-refractivity contribution < 1.29 is 27.5 Å². The second kappa shape index (κ2) is 8.02. The summed E-state index contributed by atoms with van der Waals surface area (Å²) in [7, 11) is 1.23. The largest absolute Gasteiger partial charge is 0.467 e. The number of carbonyl (C=O) groups is 2. The van der Waals surface area contributed by atoms with E-state index < -0.39 is 23.7 Å². The molecular formula is C13H17F2NO4S. The van der Waals surface area contributed by atoms with Crippen molar-refractivity contribution in [3.63, 3.8) is 0 Å². The number of hydrogen-bond donors (Lipinski definition) is 1. The van der Waals surface area contributed by atoms with E-state index in [1.54, 1.807) is 13.8 Å². The van der Waals surface area contributed by atoms with Crippen LogP contribution in [0.25, 0.3) is 0 Å². The topological polar surface area (TPSA) is 68.5 Å². The summed E-state index contributed by atoms with van der Waals surface area (Å²) >= 11 is 0.404. The first-order valence-electron chi connectivity index (χ1n) is 6.22. The molecule has 1 unspecified atom stereocenters. The van der Waals surface area contributed by atoms with Gasteiger partial charge in [0.15, 0.2) is 5.76 Å². The second-order valence-electron chi connectivity index (χ2n) is 4.56. The number of thioether (sulfide) groups is 1. The summed E-state index contributed by atoms with van der Waals surface area (Å²) < 4.78 is 33.9. The first-order chi connectivity index (χ1) is 9.85. The molecule has 0 aliphatic rings. The van der Waals surface area contributed by atoms with Crippen molar-refractivity contribution in [1.29, 1.82) is 0 Å². The van der Waals surface area contributed by atoms with E-state index in [1.807, 2.05) is 0 Å². The van der Waals surface area contributed by atoms with Gasteiger partial charge in [-0.3, -0.25) is 4.79 Å². The molecule has 0 aliphatic carbocycles. The van der Waals surface area contributed by atoms with Crippen molar-refractivity contribution in [2.45, 2.75) is 31.4 Å². The quantitative estimate of drug-likeness (QED) is 0.782. The van der Waals surface area contributed by atoms with E-state index in [-0.39, 0.29) is 23.2 Å². The van der Waals surface area contributed by atoms with E-state index in [0.717, 1.165) is 0 Å². The molecule has 0 bridgehead atoms. The van der Waals surface area contributed by atoms with Crippen molar-refractivity contribution in [3.05, 3.63) is 23.7 Å². The van der Waals surface area contributed by atoms with Crippen LogP contribution in [0.4, 0.5) is 8.78 Å². The third-order valence-corrected chi connectivity index (χ3v) is 3.35. The highest BCUT2D eigenvalue weighted by atomic mass is 32.2. The fourth-order valence-corrected chi connectivity index (χ4v) is 2.01. The molecule has 1 amide bonds. The molecule has 0 fully saturated rings. The van der Waals surface area contributed by atoms with Gasteiger partial charge in [0.05, 0.1) is 12.9 Å². The van der Waals surface area contributed by atoms with Crippen molar-refractivity contribution in [3.8, 4) is 0 Å². The number of nitrogens with one attached hydrogen (secondary N) is 1. The molecule has 0 saturated carbocycles. The molecule has 5 nitrogen and oxygen atoms in total. The average Bonchev–Trinajstić information content (AvgIpc) is 2.90. The molecule has 1 N–H and O–H groups in total. The minimum Gasteiger partial charge on any atom is -0.467 e. The Labute approximate surface area is 125 Å². The normalized spacial score (nSPS) is 12.5. The summed E-state index contributed by atoms with van der Waals surface area (Å²) in [5, 5.41) is 2.50. The van der Waals surface area contributed by atoms with Gasteiger partial charge in [-0.05, 0) is 18.1 Å². The molecule has 8 heteroatoms. The van der Waals surface area contributed by atoms with E-state index in [9.17, 15) is 18.4 Å². The monoisotopic (exact) mass is 321 g/mol. The summed E-state index contributed by atoms with van der Waals surface area (Å²) in [5.74, 6) is -3.61. The van der Waals surface area contributed by atoms with Gasteiger partial charge in [0, 0.05) is 0 Å². The molecule has 1 atom stereocenters. The van der Waals surface area contributed by atoms with E-state index >= 15 is 0 Å². The molecule has 21 heavy (non-hydrogen) atoms. The van der Waals surface area contributed by atoms with Crippen LogP contribution in [-0.2, 0) is 15.3 Å². The molecule has 1 aromatic heterocycles. The number of halogens is 2. The van der Waals surface area contributed by atoms with Gasteiger partial charge in [-0.25, -0.2) is 4.79 Å². The number of esters is 1. The lowest BCUT2D eigenvalue weighted by Gasteiger charge is -2.18. The zero-order valence-corrected chi connectivity index (χ0v) is 12.7. The first-order valence-corrected chi connectivity index (χ1v) is 7.27. The highest BCUT2D eigenvalue weighted by Gasteiger charge is 2.26. The molecule has 0 aliphatic heterocycles. The average molecular weight is 321 g/mol. The highest BCUT2D eigenvalue weighted by Crippen LogP contribution is 2.21. The van der Waals surface area contributed by atoms with E-state index in [4.69, 9.17) is 4.42 Å². The Balaban J connectivity index is 2.68. The van der Waals surface area contributed by atoms with Gasteiger partial charge < -0.3 is 14.5 Å². The van der Waals surface area contributed by atoms with Gasteiger partial charge in [0.1, 0.15) is 11.8 Å². The lowest BCUT2D eigenvalue weighted by atomic mass is 10.0. The summed E-state index contributed by atoms with van der Waals surface area (Å²) in [6, 6.07) is 2.03. The molecule has 1 heterocycles.